The number of carbonyl (C=O) groups is 2. The lowest BCUT2D eigenvalue weighted by Crippen LogP contribution is -2.45. The highest BCUT2D eigenvalue weighted by molar-refractivity contribution is 7.12. The van der Waals surface area contributed by atoms with Crippen molar-refractivity contribution in [2.45, 2.75) is 32.2 Å². The second-order valence-corrected chi connectivity index (χ2v) is 5.61. The first-order valence-corrected chi connectivity index (χ1v) is 6.39. The fourth-order valence-electron chi connectivity index (χ4n) is 1.20. The molecule has 94 valence electrons. The Hall–Kier alpha value is -1.20. The molecule has 0 aliphatic rings. The Morgan fingerprint density at radius 3 is 2.65 bits per heavy atom. The lowest BCUT2D eigenvalue weighted by molar-refractivity contribution is -0.121. The molecule has 4 nitrogen and oxygen atoms in total. The summed E-state index contributed by atoms with van der Waals surface area (Å²) in [5, 5.41) is 4.56. The van der Waals surface area contributed by atoms with Gasteiger partial charge in [-0.25, -0.2) is 0 Å². The van der Waals surface area contributed by atoms with Crippen molar-refractivity contribution >= 4 is 23.0 Å². The van der Waals surface area contributed by atoms with Crippen molar-refractivity contribution in [3.63, 3.8) is 0 Å². The number of nitrogens with one attached hydrogen (secondary N) is 1. The molecule has 1 amide bonds. The number of thiophene rings is 1. The molecule has 0 atom stereocenters. The molecule has 1 heterocycles. The second-order valence-electron chi connectivity index (χ2n) is 4.67. The number of hydrogen-bond acceptors (Lipinski definition) is 4. The summed E-state index contributed by atoms with van der Waals surface area (Å²) >= 11 is 1.40. The van der Waals surface area contributed by atoms with Gasteiger partial charge in [-0.2, -0.15) is 0 Å². The summed E-state index contributed by atoms with van der Waals surface area (Å²) in [7, 11) is 0. The molecule has 1 rings (SSSR count). The highest BCUT2D eigenvalue weighted by Gasteiger charge is 2.13. The zero-order chi connectivity index (χ0) is 12.9. The van der Waals surface area contributed by atoms with Crippen LogP contribution in [0.25, 0.3) is 0 Å². The first-order valence-electron chi connectivity index (χ1n) is 5.51. The third-order valence-corrected chi connectivity index (χ3v) is 3.03. The number of ketones is 1. The highest BCUT2D eigenvalue weighted by atomic mass is 32.1. The monoisotopic (exact) mass is 254 g/mol. The molecule has 0 saturated carbocycles. The van der Waals surface area contributed by atoms with Gasteiger partial charge in [-0.1, -0.05) is 6.07 Å². The first-order chi connectivity index (χ1) is 7.88. The van der Waals surface area contributed by atoms with Crippen LogP contribution in [0.2, 0.25) is 0 Å². The number of hydrogen-bond donors (Lipinski definition) is 2. The van der Waals surface area contributed by atoms with Crippen LogP contribution in [0.3, 0.4) is 0 Å². The number of carbonyl (C=O) groups excluding carboxylic acids is 2. The van der Waals surface area contributed by atoms with Gasteiger partial charge >= 0.3 is 0 Å². The van der Waals surface area contributed by atoms with Crippen LogP contribution in [-0.4, -0.2) is 23.8 Å². The second kappa shape index (κ2) is 5.93. The van der Waals surface area contributed by atoms with Crippen LogP contribution in [0.4, 0.5) is 0 Å². The third kappa shape index (κ3) is 5.60. The Balaban J connectivity index is 2.27. The van der Waals surface area contributed by atoms with Gasteiger partial charge in [-0.3, -0.25) is 9.59 Å². The van der Waals surface area contributed by atoms with Gasteiger partial charge in [0.25, 0.3) is 0 Å². The van der Waals surface area contributed by atoms with Gasteiger partial charge in [0.1, 0.15) is 0 Å². The summed E-state index contributed by atoms with van der Waals surface area (Å²) < 4.78 is 0. The molecule has 3 N–H and O–H groups in total. The molecule has 0 spiro atoms. The molecule has 0 saturated heterocycles. The fourth-order valence-corrected chi connectivity index (χ4v) is 1.90. The first kappa shape index (κ1) is 13.9. The van der Waals surface area contributed by atoms with E-state index < -0.39 is 5.54 Å². The van der Waals surface area contributed by atoms with E-state index in [2.05, 4.69) is 5.32 Å². The quantitative estimate of drug-likeness (QED) is 0.757. The lowest BCUT2D eigenvalue weighted by atomic mass is 10.1. The van der Waals surface area contributed by atoms with Gasteiger partial charge in [0.15, 0.2) is 5.78 Å². The summed E-state index contributed by atoms with van der Waals surface area (Å²) in [6.45, 7) is 4.09. The Morgan fingerprint density at radius 2 is 2.12 bits per heavy atom. The molecule has 0 bridgehead atoms. The van der Waals surface area contributed by atoms with Crippen LogP contribution < -0.4 is 11.1 Å². The zero-order valence-electron chi connectivity index (χ0n) is 10.2. The summed E-state index contributed by atoms with van der Waals surface area (Å²) in [5.41, 5.74) is 5.31. The Labute approximate surface area is 105 Å². The van der Waals surface area contributed by atoms with E-state index in [0.717, 1.165) is 0 Å². The number of nitrogens with two attached hydrogens (primary N) is 1. The van der Waals surface area contributed by atoms with Crippen molar-refractivity contribution in [1.82, 2.24) is 5.32 Å². The van der Waals surface area contributed by atoms with Gasteiger partial charge < -0.3 is 11.1 Å². The number of rotatable bonds is 6. The lowest BCUT2D eigenvalue weighted by Gasteiger charge is -2.18. The van der Waals surface area contributed by atoms with Gasteiger partial charge in [0.05, 0.1) is 4.88 Å². The molecule has 0 unspecified atom stereocenters. The average molecular weight is 254 g/mol. The molecule has 0 aliphatic heterocycles. The maximum absolute atomic E-state index is 11.6. The zero-order valence-corrected chi connectivity index (χ0v) is 11.0. The molecule has 1 aromatic heterocycles. The minimum absolute atomic E-state index is 0.0159. The normalized spacial score (nSPS) is 11.2. The molecule has 0 fully saturated rings. The predicted molar refractivity (Wildman–Crippen MR) is 69.2 cm³/mol. The largest absolute Gasteiger partial charge is 0.354 e. The van der Waals surface area contributed by atoms with Crippen molar-refractivity contribution in [2.24, 2.45) is 5.73 Å². The van der Waals surface area contributed by atoms with Crippen molar-refractivity contribution in [3.05, 3.63) is 22.4 Å². The van der Waals surface area contributed by atoms with Gasteiger partial charge in [-0.05, 0) is 25.3 Å². The summed E-state index contributed by atoms with van der Waals surface area (Å²) in [4.78, 5) is 23.8. The number of amides is 1. The van der Waals surface area contributed by atoms with Gasteiger partial charge in [0.2, 0.25) is 5.91 Å². The van der Waals surface area contributed by atoms with Crippen LogP contribution in [-0.2, 0) is 4.79 Å². The van der Waals surface area contributed by atoms with E-state index in [-0.39, 0.29) is 24.5 Å². The minimum Gasteiger partial charge on any atom is -0.354 e. The molecule has 5 heteroatoms. The maximum atomic E-state index is 11.6. The smallest absolute Gasteiger partial charge is 0.220 e. The molecule has 0 radical (unpaired) electrons. The third-order valence-electron chi connectivity index (χ3n) is 2.12. The van der Waals surface area contributed by atoms with Gasteiger partial charge in [-0.15, -0.1) is 11.3 Å². The standard InChI is InChI=1S/C12H18N2O2S/c1-12(2,13)8-14-11(16)6-5-9(15)10-4-3-7-17-10/h3-4,7H,5-6,8,13H2,1-2H3,(H,14,16). The Kier molecular flexibility index (Phi) is 4.84. The van der Waals surface area contributed by atoms with Crippen molar-refractivity contribution in [2.75, 3.05) is 6.54 Å². The number of Topliss-reactive ketones (excluding diaryl/α,β-unsaturated/α-hetero) is 1. The fraction of sp³-hybridized carbons (Fsp3) is 0.500. The molecule has 0 aliphatic carbocycles. The van der Waals surface area contributed by atoms with Crippen LogP contribution in [0.1, 0.15) is 36.4 Å². The minimum atomic E-state index is -0.423. The van der Waals surface area contributed by atoms with E-state index in [4.69, 9.17) is 5.73 Å². The van der Waals surface area contributed by atoms with Crippen LogP contribution in [0.5, 0.6) is 0 Å². The summed E-state index contributed by atoms with van der Waals surface area (Å²) in [6, 6.07) is 3.60. The van der Waals surface area contributed by atoms with Crippen LogP contribution >= 0.6 is 11.3 Å². The SMILES string of the molecule is CC(C)(N)CNC(=O)CCC(=O)c1cccs1. The van der Waals surface area contributed by atoms with Crippen molar-refractivity contribution in [3.8, 4) is 0 Å². The Morgan fingerprint density at radius 1 is 1.41 bits per heavy atom. The van der Waals surface area contributed by atoms with Crippen molar-refractivity contribution in [1.29, 1.82) is 0 Å². The summed E-state index contributed by atoms with van der Waals surface area (Å²) in [5.74, 6) is -0.115. The maximum Gasteiger partial charge on any atom is 0.220 e. The van der Waals surface area contributed by atoms with Crippen LogP contribution in [0.15, 0.2) is 17.5 Å². The van der Waals surface area contributed by atoms with Gasteiger partial charge in [0, 0.05) is 24.9 Å². The van der Waals surface area contributed by atoms with E-state index in [9.17, 15) is 9.59 Å². The molecule has 1 aromatic rings. The van der Waals surface area contributed by atoms with E-state index >= 15 is 0 Å². The average Bonchev–Trinajstić information content (AvgIpc) is 2.75. The molecule has 17 heavy (non-hydrogen) atoms. The molecular weight excluding hydrogens is 236 g/mol. The molecule has 0 aromatic carbocycles. The highest BCUT2D eigenvalue weighted by Crippen LogP contribution is 2.12. The molecular formula is C12H18N2O2S. The van der Waals surface area contributed by atoms with Crippen LogP contribution in [0, 0.1) is 0 Å². The van der Waals surface area contributed by atoms with E-state index in [1.54, 1.807) is 6.07 Å². The van der Waals surface area contributed by atoms with E-state index in [1.807, 2.05) is 25.3 Å². The summed E-state index contributed by atoms with van der Waals surface area (Å²) in [6.07, 6.45) is 0.462. The van der Waals surface area contributed by atoms with E-state index in [1.165, 1.54) is 11.3 Å². The predicted octanol–water partition coefficient (Wildman–Crippen LogP) is 1.56. The van der Waals surface area contributed by atoms with Crippen molar-refractivity contribution < 1.29 is 9.59 Å². The Bertz CT molecular complexity index is 380. The topological polar surface area (TPSA) is 72.2 Å². The van der Waals surface area contributed by atoms with E-state index in [0.29, 0.717) is 11.4 Å².